The average molecular weight is 320 g/mol. The molecule has 25 heavy (non-hydrogen) atoms. The first kappa shape index (κ1) is 14.5. The molecule has 0 heterocycles. The van der Waals surface area contributed by atoms with Gasteiger partial charge in [0.2, 0.25) is 0 Å². The summed E-state index contributed by atoms with van der Waals surface area (Å²) in [5, 5.41) is 5.44. The summed E-state index contributed by atoms with van der Waals surface area (Å²) in [5.74, 6) is 0. The molecule has 5 rings (SSSR count). The fourth-order valence-electron chi connectivity index (χ4n) is 4.52. The molecular formula is C25H20. The first-order valence-electron chi connectivity index (χ1n) is 8.96. The third-order valence-electron chi connectivity index (χ3n) is 5.66. The maximum absolute atomic E-state index is 4.09. The second-order valence-electron chi connectivity index (χ2n) is 7.01. The van der Waals surface area contributed by atoms with Crippen molar-refractivity contribution in [3.8, 4) is 11.1 Å². The summed E-state index contributed by atoms with van der Waals surface area (Å²) in [6.45, 7) is 6.29. The summed E-state index contributed by atoms with van der Waals surface area (Å²) >= 11 is 0. The fraction of sp³-hybridized carbons (Fsp3) is 0.120. The molecule has 0 aromatic heterocycles. The van der Waals surface area contributed by atoms with Gasteiger partial charge in [-0.05, 0) is 80.8 Å². The van der Waals surface area contributed by atoms with Crippen molar-refractivity contribution in [2.75, 3.05) is 0 Å². The zero-order chi connectivity index (χ0) is 17.0. The molecule has 4 aromatic rings. The van der Waals surface area contributed by atoms with Gasteiger partial charge in [-0.2, -0.15) is 0 Å². The van der Waals surface area contributed by atoms with Crippen molar-refractivity contribution < 1.29 is 0 Å². The van der Waals surface area contributed by atoms with Crippen molar-refractivity contribution >= 4 is 27.6 Å². The summed E-state index contributed by atoms with van der Waals surface area (Å²) < 4.78 is 0. The van der Waals surface area contributed by atoms with E-state index < -0.39 is 0 Å². The third kappa shape index (κ3) is 2.01. The average Bonchev–Trinajstić information content (AvgIpc) is 2.66. The maximum Gasteiger partial charge on any atom is -0.00700 e. The second kappa shape index (κ2) is 5.32. The van der Waals surface area contributed by atoms with E-state index in [2.05, 4.69) is 74.2 Å². The van der Waals surface area contributed by atoms with Gasteiger partial charge in [-0.3, -0.25) is 0 Å². The molecule has 0 bridgehead atoms. The lowest BCUT2D eigenvalue weighted by molar-refractivity contribution is 0.954. The normalized spacial score (nSPS) is 12.8. The van der Waals surface area contributed by atoms with Gasteiger partial charge in [0.15, 0.2) is 0 Å². The molecule has 0 atom stereocenters. The van der Waals surface area contributed by atoms with Crippen LogP contribution in [0.1, 0.15) is 22.3 Å². The minimum atomic E-state index is 1.11. The van der Waals surface area contributed by atoms with E-state index in [-0.39, 0.29) is 0 Å². The van der Waals surface area contributed by atoms with E-state index in [0.29, 0.717) is 0 Å². The van der Waals surface area contributed by atoms with E-state index >= 15 is 0 Å². The first-order valence-corrected chi connectivity index (χ1v) is 8.96. The number of hydrogen-bond acceptors (Lipinski definition) is 0. The molecule has 4 aromatic carbocycles. The molecule has 0 spiro atoms. The number of fused-ring (bicyclic) bond motifs is 7. The van der Waals surface area contributed by atoms with Gasteiger partial charge < -0.3 is 0 Å². The summed E-state index contributed by atoms with van der Waals surface area (Å²) in [6.07, 6.45) is 4.23. The molecule has 1 aliphatic rings. The number of hydrogen-bond donors (Lipinski definition) is 0. The van der Waals surface area contributed by atoms with Crippen LogP contribution in [-0.2, 0) is 12.8 Å². The van der Waals surface area contributed by atoms with Crippen LogP contribution in [0.3, 0.4) is 0 Å². The van der Waals surface area contributed by atoms with Crippen molar-refractivity contribution in [2.45, 2.75) is 19.8 Å². The Bertz CT molecular complexity index is 1160. The molecule has 0 nitrogen and oxygen atoms in total. The van der Waals surface area contributed by atoms with E-state index in [4.69, 9.17) is 0 Å². The van der Waals surface area contributed by atoms with Crippen molar-refractivity contribution in [1.29, 1.82) is 0 Å². The highest BCUT2D eigenvalue weighted by atomic mass is 14.2. The monoisotopic (exact) mass is 320 g/mol. The minimum absolute atomic E-state index is 1.11. The van der Waals surface area contributed by atoms with Gasteiger partial charge in [0.25, 0.3) is 0 Å². The van der Waals surface area contributed by atoms with E-state index in [1.54, 1.807) is 0 Å². The molecule has 1 aliphatic carbocycles. The highest BCUT2D eigenvalue weighted by Gasteiger charge is 2.21. The molecule has 0 radical (unpaired) electrons. The van der Waals surface area contributed by atoms with Gasteiger partial charge in [0.05, 0.1) is 0 Å². The summed E-state index contributed by atoms with van der Waals surface area (Å²) in [6, 6.07) is 22.4. The van der Waals surface area contributed by atoms with Crippen LogP contribution in [0.4, 0.5) is 0 Å². The Balaban J connectivity index is 1.97. The lowest BCUT2D eigenvalue weighted by Gasteiger charge is -2.25. The van der Waals surface area contributed by atoms with Gasteiger partial charge in [0.1, 0.15) is 0 Å². The number of aryl methyl sites for hydroxylation is 3. The third-order valence-corrected chi connectivity index (χ3v) is 5.66. The molecule has 0 saturated heterocycles. The smallest absolute Gasteiger partial charge is 0.00700 e. The van der Waals surface area contributed by atoms with E-state index in [1.807, 2.05) is 6.08 Å². The van der Waals surface area contributed by atoms with Crippen LogP contribution in [0.15, 0.2) is 67.2 Å². The van der Waals surface area contributed by atoms with E-state index in [1.165, 1.54) is 54.9 Å². The van der Waals surface area contributed by atoms with Gasteiger partial charge in [-0.25, -0.2) is 0 Å². The summed E-state index contributed by atoms with van der Waals surface area (Å²) in [4.78, 5) is 0. The van der Waals surface area contributed by atoms with Crippen LogP contribution in [0.2, 0.25) is 0 Å². The SMILES string of the molecule is C=Cc1cc2c(c3cccc(C)c13)CCc1ccc3ccccc3c1-2. The van der Waals surface area contributed by atoms with Crippen LogP contribution in [0.25, 0.3) is 38.7 Å². The van der Waals surface area contributed by atoms with Gasteiger partial charge in [-0.1, -0.05) is 67.3 Å². The van der Waals surface area contributed by atoms with Crippen LogP contribution in [-0.4, -0.2) is 0 Å². The molecule has 0 amide bonds. The topological polar surface area (TPSA) is 0 Å². The Morgan fingerprint density at radius 3 is 2.60 bits per heavy atom. The lowest BCUT2D eigenvalue weighted by atomic mass is 9.79. The maximum atomic E-state index is 4.09. The predicted octanol–water partition coefficient (Wildman–Crippen LogP) is 6.71. The second-order valence-corrected chi connectivity index (χ2v) is 7.01. The molecule has 0 fully saturated rings. The quantitative estimate of drug-likeness (QED) is 0.365. The molecule has 120 valence electrons. The van der Waals surface area contributed by atoms with Crippen LogP contribution < -0.4 is 0 Å². The summed E-state index contributed by atoms with van der Waals surface area (Å²) in [7, 11) is 0. The zero-order valence-corrected chi connectivity index (χ0v) is 14.5. The highest BCUT2D eigenvalue weighted by Crippen LogP contribution is 2.43. The van der Waals surface area contributed by atoms with Crippen molar-refractivity contribution in [3.63, 3.8) is 0 Å². The lowest BCUT2D eigenvalue weighted by Crippen LogP contribution is -2.06. The zero-order valence-electron chi connectivity index (χ0n) is 14.5. The molecule has 0 N–H and O–H groups in total. The fourth-order valence-corrected chi connectivity index (χ4v) is 4.52. The molecular weight excluding hydrogens is 300 g/mol. The largest absolute Gasteiger partial charge is 0.0984 e. The highest BCUT2D eigenvalue weighted by molar-refractivity contribution is 6.06. The predicted molar refractivity (Wildman–Crippen MR) is 109 cm³/mol. The number of benzene rings is 4. The van der Waals surface area contributed by atoms with Crippen molar-refractivity contribution in [1.82, 2.24) is 0 Å². The standard InChI is InChI=1S/C25H20/c1-3-17-15-23-21(22-10-6-7-16(2)24(17)22)14-13-19-12-11-18-8-4-5-9-20(18)25(19)23/h3-12,15H,1,13-14H2,2H3. The first-order chi connectivity index (χ1) is 12.3. The Morgan fingerprint density at radius 1 is 0.880 bits per heavy atom. The molecule has 0 aliphatic heterocycles. The van der Waals surface area contributed by atoms with Gasteiger partial charge in [-0.15, -0.1) is 0 Å². The Labute approximate surface area is 148 Å². The molecule has 0 unspecified atom stereocenters. The van der Waals surface area contributed by atoms with Crippen LogP contribution >= 0.6 is 0 Å². The molecule has 0 heteroatoms. The van der Waals surface area contributed by atoms with E-state index in [0.717, 1.165) is 12.8 Å². The van der Waals surface area contributed by atoms with Gasteiger partial charge in [0, 0.05) is 0 Å². The Kier molecular flexibility index (Phi) is 3.08. The summed E-state index contributed by atoms with van der Waals surface area (Å²) in [5.41, 5.74) is 8.35. The Hall–Kier alpha value is -2.86. The van der Waals surface area contributed by atoms with Crippen LogP contribution in [0.5, 0.6) is 0 Å². The van der Waals surface area contributed by atoms with Gasteiger partial charge >= 0.3 is 0 Å². The minimum Gasteiger partial charge on any atom is -0.0984 e. The number of rotatable bonds is 1. The van der Waals surface area contributed by atoms with Crippen molar-refractivity contribution in [2.24, 2.45) is 0 Å². The van der Waals surface area contributed by atoms with Crippen molar-refractivity contribution in [3.05, 3.63) is 89.5 Å². The van der Waals surface area contributed by atoms with Crippen LogP contribution in [0, 0.1) is 6.92 Å². The molecule has 0 saturated carbocycles. The van der Waals surface area contributed by atoms with E-state index in [9.17, 15) is 0 Å². The Morgan fingerprint density at radius 2 is 1.72 bits per heavy atom.